The summed E-state index contributed by atoms with van der Waals surface area (Å²) < 4.78 is 5.53. The highest BCUT2D eigenvalue weighted by Gasteiger charge is 2.09. The van der Waals surface area contributed by atoms with Gasteiger partial charge in [0.15, 0.2) is 0 Å². The number of nitrogens with one attached hydrogen (secondary N) is 3. The predicted octanol–water partition coefficient (Wildman–Crippen LogP) is 3.83. The van der Waals surface area contributed by atoms with Crippen molar-refractivity contribution in [3.8, 4) is 5.75 Å². The molecule has 2 aromatic carbocycles. The Morgan fingerprint density at radius 3 is 2.75 bits per heavy atom. The maximum Gasteiger partial charge on any atom is 0.251 e. The van der Waals surface area contributed by atoms with Crippen molar-refractivity contribution in [3.63, 3.8) is 0 Å². The van der Waals surface area contributed by atoms with Crippen LogP contribution in [0, 0.1) is 0 Å². The van der Waals surface area contributed by atoms with Crippen LogP contribution in [0.25, 0.3) is 0 Å². The summed E-state index contributed by atoms with van der Waals surface area (Å²) in [5.41, 5.74) is 1.86. The van der Waals surface area contributed by atoms with E-state index in [1.807, 2.05) is 18.2 Å². The van der Waals surface area contributed by atoms with Crippen LogP contribution in [-0.4, -0.2) is 31.5 Å². The first-order valence-corrected chi connectivity index (χ1v) is 9.38. The van der Waals surface area contributed by atoms with E-state index >= 15 is 0 Å². The third-order valence-corrected chi connectivity index (χ3v) is 3.91. The molecule has 0 unspecified atom stereocenters. The molecule has 0 aliphatic carbocycles. The molecule has 3 N–H and O–H groups in total. The van der Waals surface area contributed by atoms with E-state index in [1.165, 1.54) is 0 Å². The number of carbonyl (C=O) groups excluding carboxylic acids is 2. The van der Waals surface area contributed by atoms with Crippen LogP contribution in [0.2, 0.25) is 0 Å². The van der Waals surface area contributed by atoms with Gasteiger partial charge in [0.25, 0.3) is 5.91 Å². The molecule has 28 heavy (non-hydrogen) atoms. The Bertz CT molecular complexity index is 805. The van der Waals surface area contributed by atoms with Gasteiger partial charge in [0.05, 0.1) is 12.2 Å². The molecule has 0 aliphatic rings. The fourth-order valence-corrected chi connectivity index (χ4v) is 2.47. The van der Waals surface area contributed by atoms with Crippen molar-refractivity contribution >= 4 is 23.2 Å². The smallest absolute Gasteiger partial charge is 0.251 e. The highest BCUT2D eigenvalue weighted by Crippen LogP contribution is 2.23. The second-order valence-corrected chi connectivity index (χ2v) is 6.19. The SMILES string of the molecule is C=CCOc1ccccc1NC(=O)CNc1cccc(C(=O)NCCCC)c1. The van der Waals surface area contributed by atoms with Crippen LogP contribution >= 0.6 is 0 Å². The summed E-state index contributed by atoms with van der Waals surface area (Å²) in [7, 11) is 0. The molecule has 2 amide bonds. The molecule has 6 nitrogen and oxygen atoms in total. The van der Waals surface area contributed by atoms with Crippen LogP contribution < -0.4 is 20.7 Å². The van der Waals surface area contributed by atoms with Crippen LogP contribution in [0.1, 0.15) is 30.1 Å². The first-order valence-electron chi connectivity index (χ1n) is 9.38. The standard InChI is InChI=1S/C22H27N3O3/c1-3-5-13-23-22(27)17-9-8-10-18(15-17)24-16-21(26)25-19-11-6-7-12-20(19)28-14-4-2/h4,6-12,15,24H,2-3,5,13-14,16H2,1H3,(H,23,27)(H,25,26). The summed E-state index contributed by atoms with van der Waals surface area (Å²) in [4.78, 5) is 24.4. The zero-order chi connectivity index (χ0) is 20.2. The molecule has 6 heteroatoms. The lowest BCUT2D eigenvalue weighted by Crippen LogP contribution is -2.25. The summed E-state index contributed by atoms with van der Waals surface area (Å²) in [6.07, 6.45) is 3.62. The van der Waals surface area contributed by atoms with Gasteiger partial charge in [-0.15, -0.1) is 0 Å². The van der Waals surface area contributed by atoms with Crippen LogP contribution in [0.4, 0.5) is 11.4 Å². The molecule has 2 rings (SSSR count). The largest absolute Gasteiger partial charge is 0.487 e. The molecule has 0 radical (unpaired) electrons. The number of hydrogen-bond acceptors (Lipinski definition) is 4. The van der Waals surface area contributed by atoms with E-state index in [9.17, 15) is 9.59 Å². The van der Waals surface area contributed by atoms with Crippen LogP contribution in [0.15, 0.2) is 61.2 Å². The van der Waals surface area contributed by atoms with Crippen molar-refractivity contribution < 1.29 is 14.3 Å². The van der Waals surface area contributed by atoms with Gasteiger partial charge in [-0.25, -0.2) is 0 Å². The van der Waals surface area contributed by atoms with E-state index in [4.69, 9.17) is 4.74 Å². The molecule has 0 spiro atoms. The third-order valence-electron chi connectivity index (χ3n) is 3.91. The number of carbonyl (C=O) groups is 2. The van der Waals surface area contributed by atoms with E-state index < -0.39 is 0 Å². The van der Waals surface area contributed by atoms with Gasteiger partial charge in [0.1, 0.15) is 12.4 Å². The topological polar surface area (TPSA) is 79.5 Å². The lowest BCUT2D eigenvalue weighted by Gasteiger charge is -2.12. The molecular formula is C22H27N3O3. The van der Waals surface area contributed by atoms with Crippen molar-refractivity contribution in [1.29, 1.82) is 0 Å². The number of para-hydroxylation sites is 2. The molecule has 0 aromatic heterocycles. The lowest BCUT2D eigenvalue weighted by atomic mass is 10.2. The van der Waals surface area contributed by atoms with E-state index in [2.05, 4.69) is 29.5 Å². The molecule has 2 aromatic rings. The number of unbranched alkanes of at least 4 members (excludes halogenated alkanes) is 1. The predicted molar refractivity (Wildman–Crippen MR) is 113 cm³/mol. The number of anilines is 2. The van der Waals surface area contributed by atoms with Gasteiger partial charge in [0.2, 0.25) is 5.91 Å². The summed E-state index contributed by atoms with van der Waals surface area (Å²) in [6.45, 7) is 6.77. The Morgan fingerprint density at radius 2 is 1.96 bits per heavy atom. The monoisotopic (exact) mass is 381 g/mol. The van der Waals surface area contributed by atoms with Crippen molar-refractivity contribution in [2.24, 2.45) is 0 Å². The molecule has 0 bridgehead atoms. The molecule has 0 saturated heterocycles. The minimum atomic E-state index is -0.215. The van der Waals surface area contributed by atoms with E-state index in [0.29, 0.717) is 35.8 Å². The fraction of sp³-hybridized carbons (Fsp3) is 0.273. The average molecular weight is 381 g/mol. The van der Waals surface area contributed by atoms with E-state index in [-0.39, 0.29) is 18.4 Å². The summed E-state index contributed by atoms with van der Waals surface area (Å²) in [5, 5.41) is 8.74. The fourth-order valence-electron chi connectivity index (χ4n) is 2.47. The van der Waals surface area contributed by atoms with Crippen LogP contribution in [0.3, 0.4) is 0 Å². The van der Waals surface area contributed by atoms with Gasteiger partial charge in [-0.2, -0.15) is 0 Å². The van der Waals surface area contributed by atoms with Crippen molar-refractivity contribution in [2.75, 3.05) is 30.3 Å². The average Bonchev–Trinajstić information content (AvgIpc) is 2.72. The van der Waals surface area contributed by atoms with Crippen molar-refractivity contribution in [1.82, 2.24) is 5.32 Å². The van der Waals surface area contributed by atoms with Gasteiger partial charge in [-0.05, 0) is 36.8 Å². The highest BCUT2D eigenvalue weighted by molar-refractivity contribution is 5.96. The van der Waals surface area contributed by atoms with Gasteiger partial charge in [0, 0.05) is 17.8 Å². The van der Waals surface area contributed by atoms with Gasteiger partial charge in [-0.1, -0.05) is 44.2 Å². The minimum Gasteiger partial charge on any atom is -0.487 e. The molecule has 0 fully saturated rings. The molecule has 0 heterocycles. The summed E-state index contributed by atoms with van der Waals surface area (Å²) >= 11 is 0. The molecular weight excluding hydrogens is 354 g/mol. The molecule has 0 aliphatic heterocycles. The quantitative estimate of drug-likeness (QED) is 0.408. The second-order valence-electron chi connectivity index (χ2n) is 6.19. The first-order chi connectivity index (χ1) is 13.6. The Balaban J connectivity index is 1.90. The highest BCUT2D eigenvalue weighted by atomic mass is 16.5. The third kappa shape index (κ3) is 6.79. The lowest BCUT2D eigenvalue weighted by molar-refractivity contribution is -0.114. The maximum atomic E-state index is 12.3. The summed E-state index contributed by atoms with van der Waals surface area (Å²) in [5.74, 6) is 0.254. The number of ether oxygens (including phenoxy) is 1. The number of benzene rings is 2. The Hall–Kier alpha value is -3.28. The molecule has 0 atom stereocenters. The zero-order valence-corrected chi connectivity index (χ0v) is 16.2. The zero-order valence-electron chi connectivity index (χ0n) is 16.2. The molecule has 0 saturated carbocycles. The number of amides is 2. The van der Waals surface area contributed by atoms with Crippen LogP contribution in [-0.2, 0) is 4.79 Å². The van der Waals surface area contributed by atoms with E-state index in [0.717, 1.165) is 12.8 Å². The van der Waals surface area contributed by atoms with Gasteiger partial charge < -0.3 is 20.7 Å². The minimum absolute atomic E-state index is 0.0662. The Labute approximate surface area is 166 Å². The van der Waals surface area contributed by atoms with Gasteiger partial charge in [-0.3, -0.25) is 9.59 Å². The Morgan fingerprint density at radius 1 is 1.14 bits per heavy atom. The van der Waals surface area contributed by atoms with Gasteiger partial charge >= 0.3 is 0 Å². The number of rotatable bonds is 11. The second kappa shape index (κ2) is 11.4. The molecule has 148 valence electrons. The van der Waals surface area contributed by atoms with Crippen LogP contribution in [0.5, 0.6) is 5.75 Å². The Kier molecular flexibility index (Phi) is 8.59. The van der Waals surface area contributed by atoms with E-state index in [1.54, 1.807) is 36.4 Å². The first kappa shape index (κ1) is 21.0. The van der Waals surface area contributed by atoms with Crippen molar-refractivity contribution in [3.05, 3.63) is 66.7 Å². The van der Waals surface area contributed by atoms with Crippen molar-refractivity contribution in [2.45, 2.75) is 19.8 Å². The normalized spacial score (nSPS) is 10.0. The number of hydrogen-bond donors (Lipinski definition) is 3. The maximum absolute atomic E-state index is 12.3. The summed E-state index contributed by atoms with van der Waals surface area (Å²) in [6, 6.07) is 14.3.